The van der Waals surface area contributed by atoms with E-state index in [-0.39, 0.29) is 0 Å². The number of rotatable bonds is 3. The van der Waals surface area contributed by atoms with Crippen LogP contribution in [-0.2, 0) is 0 Å². The Morgan fingerprint density at radius 1 is 0.472 bits per heavy atom. The van der Waals surface area contributed by atoms with Gasteiger partial charge in [0.05, 0.1) is 11.4 Å². The summed E-state index contributed by atoms with van der Waals surface area (Å²) >= 11 is 0. The molecule has 0 unspecified atom stereocenters. The van der Waals surface area contributed by atoms with Crippen LogP contribution >= 0.6 is 0 Å². The van der Waals surface area contributed by atoms with Crippen molar-refractivity contribution in [3.63, 3.8) is 0 Å². The number of pyridine rings is 3. The average Bonchev–Trinajstić information content (AvgIpc) is 2.95. The lowest BCUT2D eigenvalue weighted by Gasteiger charge is -2.11. The first-order valence-corrected chi connectivity index (χ1v) is 11.7. The fourth-order valence-corrected chi connectivity index (χ4v) is 4.67. The monoisotopic (exact) mass is 461 g/mol. The zero-order chi connectivity index (χ0) is 23.9. The van der Waals surface area contributed by atoms with Gasteiger partial charge in [-0.05, 0) is 76.1 Å². The highest BCUT2D eigenvalue weighted by Gasteiger charge is 2.13. The summed E-state index contributed by atoms with van der Waals surface area (Å²) in [6, 6.07) is 31.3. The van der Waals surface area contributed by atoms with E-state index in [0.29, 0.717) is 11.5 Å². The molecule has 0 aliphatic rings. The Morgan fingerprint density at radius 3 is 2.08 bits per heavy atom. The summed E-state index contributed by atoms with van der Waals surface area (Å²) in [6.45, 7) is 0. The molecule has 0 radical (unpaired) electrons. The SMILES string of the molecule is c1ccc2cc3cc(-c4cc(-c5ccnc6ncccc56)nc(-c5ccncc5)n4)ccc3cc2c1. The van der Waals surface area contributed by atoms with Crippen molar-refractivity contribution in [1.82, 2.24) is 24.9 Å². The van der Waals surface area contributed by atoms with Gasteiger partial charge in [0.25, 0.3) is 0 Å². The predicted molar refractivity (Wildman–Crippen MR) is 144 cm³/mol. The second kappa shape index (κ2) is 8.32. The van der Waals surface area contributed by atoms with Crippen molar-refractivity contribution < 1.29 is 0 Å². The van der Waals surface area contributed by atoms with Crippen LogP contribution < -0.4 is 0 Å². The molecule has 0 amide bonds. The number of hydrogen-bond donors (Lipinski definition) is 0. The van der Waals surface area contributed by atoms with Gasteiger partial charge in [0, 0.05) is 46.9 Å². The van der Waals surface area contributed by atoms with Gasteiger partial charge in [0.2, 0.25) is 0 Å². The van der Waals surface area contributed by atoms with Crippen LogP contribution in [0, 0.1) is 0 Å². The van der Waals surface area contributed by atoms with Crippen molar-refractivity contribution >= 4 is 32.6 Å². The summed E-state index contributed by atoms with van der Waals surface area (Å²) in [5, 5.41) is 5.79. The van der Waals surface area contributed by atoms with E-state index in [9.17, 15) is 0 Å². The molecule has 4 heterocycles. The minimum atomic E-state index is 0.650. The molecule has 0 saturated heterocycles. The summed E-state index contributed by atoms with van der Waals surface area (Å²) < 4.78 is 0. The smallest absolute Gasteiger partial charge is 0.160 e. The fraction of sp³-hybridized carbons (Fsp3) is 0. The van der Waals surface area contributed by atoms with Gasteiger partial charge in [-0.2, -0.15) is 0 Å². The minimum absolute atomic E-state index is 0.650. The molecule has 0 fully saturated rings. The van der Waals surface area contributed by atoms with Crippen LogP contribution in [0.3, 0.4) is 0 Å². The van der Waals surface area contributed by atoms with E-state index in [1.165, 1.54) is 21.5 Å². The third-order valence-electron chi connectivity index (χ3n) is 6.46. The maximum Gasteiger partial charge on any atom is 0.160 e. The summed E-state index contributed by atoms with van der Waals surface area (Å²) in [5.74, 6) is 0.650. The zero-order valence-electron chi connectivity index (χ0n) is 19.2. The van der Waals surface area contributed by atoms with Crippen molar-refractivity contribution in [2.75, 3.05) is 0 Å². The second-order valence-corrected chi connectivity index (χ2v) is 8.69. The summed E-state index contributed by atoms with van der Waals surface area (Å²) in [4.78, 5) is 22.9. The highest BCUT2D eigenvalue weighted by molar-refractivity contribution is 6.00. The van der Waals surface area contributed by atoms with Crippen LogP contribution in [0.25, 0.3) is 66.5 Å². The number of benzene rings is 3. The molecule has 4 aromatic heterocycles. The molecule has 0 saturated carbocycles. The normalized spacial score (nSPS) is 11.3. The quantitative estimate of drug-likeness (QED) is 0.262. The summed E-state index contributed by atoms with van der Waals surface area (Å²) in [6.07, 6.45) is 7.06. The van der Waals surface area contributed by atoms with E-state index in [4.69, 9.17) is 9.97 Å². The Kier molecular flexibility index (Phi) is 4.71. The first kappa shape index (κ1) is 20.4. The lowest BCUT2D eigenvalue weighted by molar-refractivity contribution is 1.17. The zero-order valence-corrected chi connectivity index (χ0v) is 19.2. The Bertz CT molecular complexity index is 1890. The molecule has 168 valence electrons. The van der Waals surface area contributed by atoms with Crippen LogP contribution in [0.5, 0.6) is 0 Å². The van der Waals surface area contributed by atoms with Gasteiger partial charge in [-0.25, -0.2) is 19.9 Å². The Morgan fingerprint density at radius 2 is 1.22 bits per heavy atom. The van der Waals surface area contributed by atoms with Crippen molar-refractivity contribution in [3.05, 3.63) is 116 Å². The molecule has 0 aliphatic heterocycles. The summed E-state index contributed by atoms with van der Waals surface area (Å²) in [7, 11) is 0. The topological polar surface area (TPSA) is 64.5 Å². The highest BCUT2D eigenvalue weighted by Crippen LogP contribution is 2.32. The van der Waals surface area contributed by atoms with Gasteiger partial charge in [-0.15, -0.1) is 0 Å². The molecule has 0 atom stereocenters. The number of hydrogen-bond acceptors (Lipinski definition) is 5. The second-order valence-electron chi connectivity index (χ2n) is 8.69. The number of fused-ring (bicyclic) bond motifs is 3. The molecular weight excluding hydrogens is 442 g/mol. The summed E-state index contributed by atoms with van der Waals surface area (Å²) in [5.41, 5.74) is 5.29. The standard InChI is InChI=1S/C31H19N5/c1-2-5-22-17-25-18-24(8-7-23(25)16-21(22)4-1)28-19-29(36-30(35-28)20-9-13-32-14-10-20)26-11-15-34-31-27(26)6-3-12-33-31/h1-19H. The molecule has 0 N–H and O–H groups in total. The van der Waals surface area contributed by atoms with Gasteiger partial charge in [0.1, 0.15) is 0 Å². The van der Waals surface area contributed by atoms with Gasteiger partial charge in [0.15, 0.2) is 11.5 Å². The highest BCUT2D eigenvalue weighted by atomic mass is 14.9. The van der Waals surface area contributed by atoms with Gasteiger partial charge < -0.3 is 0 Å². The fourth-order valence-electron chi connectivity index (χ4n) is 4.67. The molecule has 0 spiro atoms. The van der Waals surface area contributed by atoms with Crippen LogP contribution in [0.4, 0.5) is 0 Å². The van der Waals surface area contributed by atoms with E-state index in [1.807, 2.05) is 30.3 Å². The number of nitrogens with zero attached hydrogens (tertiary/aromatic N) is 5. The van der Waals surface area contributed by atoms with Crippen molar-refractivity contribution in [2.24, 2.45) is 0 Å². The molecule has 7 rings (SSSR count). The van der Waals surface area contributed by atoms with Gasteiger partial charge in [-0.3, -0.25) is 4.98 Å². The predicted octanol–water partition coefficient (Wildman–Crippen LogP) is 7.12. The van der Waals surface area contributed by atoms with Crippen LogP contribution in [-0.4, -0.2) is 24.9 Å². The minimum Gasteiger partial charge on any atom is -0.265 e. The molecular formula is C31H19N5. The van der Waals surface area contributed by atoms with E-state index in [0.717, 1.165) is 33.5 Å². The average molecular weight is 462 g/mol. The first-order valence-electron chi connectivity index (χ1n) is 11.7. The molecule has 5 heteroatoms. The molecule has 36 heavy (non-hydrogen) atoms. The maximum atomic E-state index is 4.98. The molecule has 3 aromatic carbocycles. The molecule has 0 aliphatic carbocycles. The Balaban J connectivity index is 1.46. The van der Waals surface area contributed by atoms with Gasteiger partial charge in [-0.1, -0.05) is 36.4 Å². The van der Waals surface area contributed by atoms with E-state index in [2.05, 4.69) is 75.6 Å². The van der Waals surface area contributed by atoms with Crippen LogP contribution in [0.15, 0.2) is 116 Å². The third kappa shape index (κ3) is 3.54. The maximum absolute atomic E-state index is 4.98. The largest absolute Gasteiger partial charge is 0.265 e. The Hall–Kier alpha value is -5.03. The van der Waals surface area contributed by atoms with E-state index < -0.39 is 0 Å². The molecule has 5 nitrogen and oxygen atoms in total. The number of aromatic nitrogens is 5. The van der Waals surface area contributed by atoms with E-state index in [1.54, 1.807) is 24.8 Å². The molecule has 7 aromatic rings. The third-order valence-corrected chi connectivity index (χ3v) is 6.46. The Labute approximate surface area is 207 Å². The van der Waals surface area contributed by atoms with Crippen molar-refractivity contribution in [3.8, 4) is 33.9 Å². The molecule has 0 bridgehead atoms. The lowest BCUT2D eigenvalue weighted by Crippen LogP contribution is -1.97. The lowest BCUT2D eigenvalue weighted by atomic mass is 9.99. The first-order chi connectivity index (χ1) is 17.8. The van der Waals surface area contributed by atoms with Crippen LogP contribution in [0.2, 0.25) is 0 Å². The van der Waals surface area contributed by atoms with Crippen molar-refractivity contribution in [2.45, 2.75) is 0 Å². The van der Waals surface area contributed by atoms with Gasteiger partial charge >= 0.3 is 0 Å². The van der Waals surface area contributed by atoms with Crippen molar-refractivity contribution in [1.29, 1.82) is 0 Å². The van der Waals surface area contributed by atoms with E-state index >= 15 is 0 Å². The van der Waals surface area contributed by atoms with Crippen LogP contribution in [0.1, 0.15) is 0 Å².